The minimum absolute atomic E-state index is 0.0430. The van der Waals surface area contributed by atoms with Crippen LogP contribution in [-0.2, 0) is 16.1 Å². The summed E-state index contributed by atoms with van der Waals surface area (Å²) in [6, 6.07) is 3.80. The molecule has 0 aliphatic heterocycles. The molecule has 0 radical (unpaired) electrons. The molecule has 1 aromatic heterocycles. The van der Waals surface area contributed by atoms with Gasteiger partial charge in [-0.05, 0) is 38.3 Å². The van der Waals surface area contributed by atoms with Gasteiger partial charge in [0.1, 0.15) is 12.4 Å². The van der Waals surface area contributed by atoms with E-state index in [1.807, 2.05) is 18.9 Å². The number of rotatable bonds is 6. The molecular formula is C18H27NO4. The Bertz CT molecular complexity index is 547. The fraction of sp³-hybridized carbons (Fsp3) is 0.722. The van der Waals surface area contributed by atoms with E-state index in [0.717, 1.165) is 25.9 Å². The molecule has 0 N–H and O–H groups in total. The molecule has 23 heavy (non-hydrogen) atoms. The lowest BCUT2D eigenvalue weighted by atomic mass is 9.60. The van der Waals surface area contributed by atoms with Gasteiger partial charge < -0.3 is 18.8 Å². The predicted octanol–water partition coefficient (Wildman–Crippen LogP) is 3.24. The number of methoxy groups -OCH3 is 1. The van der Waals surface area contributed by atoms with Gasteiger partial charge in [0.2, 0.25) is 0 Å². The van der Waals surface area contributed by atoms with E-state index in [1.54, 1.807) is 19.2 Å². The molecule has 5 nitrogen and oxygen atoms in total. The van der Waals surface area contributed by atoms with Gasteiger partial charge >= 0.3 is 0 Å². The molecule has 2 fully saturated rings. The van der Waals surface area contributed by atoms with Crippen molar-refractivity contribution < 1.29 is 18.7 Å². The predicted molar refractivity (Wildman–Crippen MR) is 86.2 cm³/mol. The van der Waals surface area contributed by atoms with Crippen molar-refractivity contribution in [2.75, 3.05) is 20.8 Å². The lowest BCUT2D eigenvalue weighted by Gasteiger charge is -2.56. The van der Waals surface area contributed by atoms with Crippen molar-refractivity contribution in [1.29, 1.82) is 0 Å². The quantitative estimate of drug-likeness (QED) is 0.807. The molecule has 1 amide bonds. The minimum atomic E-state index is -0.0430. The number of carbonyl (C=O) groups excluding carboxylic acids is 1. The molecule has 0 bridgehead atoms. The number of ether oxygens (including phenoxy) is 2. The van der Waals surface area contributed by atoms with Crippen molar-refractivity contribution in [2.45, 2.75) is 57.8 Å². The molecule has 1 aromatic rings. The maximum atomic E-state index is 12.8. The van der Waals surface area contributed by atoms with Gasteiger partial charge in [0.25, 0.3) is 5.91 Å². The Morgan fingerprint density at radius 1 is 1.39 bits per heavy atom. The molecule has 3 rings (SSSR count). The zero-order chi connectivity index (χ0) is 16.4. The summed E-state index contributed by atoms with van der Waals surface area (Å²) in [5.74, 6) is 1.03. The van der Waals surface area contributed by atoms with Crippen LogP contribution in [0.15, 0.2) is 16.5 Å². The number of carbonyl (C=O) groups is 1. The highest BCUT2D eigenvalue weighted by molar-refractivity contribution is 5.91. The summed E-state index contributed by atoms with van der Waals surface area (Å²) >= 11 is 0. The maximum absolute atomic E-state index is 12.8. The summed E-state index contributed by atoms with van der Waals surface area (Å²) in [6.07, 6.45) is 6.03. The van der Waals surface area contributed by atoms with Gasteiger partial charge in [0.15, 0.2) is 5.76 Å². The fourth-order valence-electron chi connectivity index (χ4n) is 4.42. The molecule has 128 valence electrons. The molecule has 0 aromatic carbocycles. The van der Waals surface area contributed by atoms with Crippen molar-refractivity contribution in [3.05, 3.63) is 23.7 Å². The van der Waals surface area contributed by atoms with E-state index in [0.29, 0.717) is 24.2 Å². The topological polar surface area (TPSA) is 51.9 Å². The molecule has 5 heteroatoms. The SMILES string of the molecule is CCO[C@H]1C[C@H](N(C)C(=O)c2ccc(COC)o2)C12CCCC2. The Kier molecular flexibility index (Phi) is 4.78. The first-order valence-corrected chi connectivity index (χ1v) is 8.58. The lowest BCUT2D eigenvalue weighted by Crippen LogP contribution is -2.63. The molecule has 1 heterocycles. The average molecular weight is 321 g/mol. The Morgan fingerprint density at radius 2 is 2.13 bits per heavy atom. The zero-order valence-electron chi connectivity index (χ0n) is 14.3. The number of hydrogen-bond donors (Lipinski definition) is 0. The Hall–Kier alpha value is -1.33. The number of hydrogen-bond acceptors (Lipinski definition) is 4. The van der Waals surface area contributed by atoms with Crippen LogP contribution in [0.25, 0.3) is 0 Å². The van der Waals surface area contributed by atoms with Crippen LogP contribution in [0.4, 0.5) is 0 Å². The highest BCUT2D eigenvalue weighted by atomic mass is 16.5. The number of amides is 1. The average Bonchev–Trinajstić information content (AvgIpc) is 3.20. The third-order valence-corrected chi connectivity index (χ3v) is 5.59. The van der Waals surface area contributed by atoms with Crippen LogP contribution in [0.2, 0.25) is 0 Å². The summed E-state index contributed by atoms with van der Waals surface area (Å²) in [5, 5.41) is 0. The minimum Gasteiger partial charge on any atom is -0.453 e. The molecule has 2 saturated carbocycles. The van der Waals surface area contributed by atoms with Crippen molar-refractivity contribution in [1.82, 2.24) is 4.90 Å². The van der Waals surface area contributed by atoms with Crippen molar-refractivity contribution in [3.8, 4) is 0 Å². The first-order valence-electron chi connectivity index (χ1n) is 8.58. The number of nitrogens with zero attached hydrogens (tertiary/aromatic N) is 1. The molecule has 2 atom stereocenters. The molecular weight excluding hydrogens is 294 g/mol. The van der Waals surface area contributed by atoms with Gasteiger partial charge in [-0.3, -0.25) is 4.79 Å². The molecule has 2 aliphatic rings. The molecule has 0 unspecified atom stereocenters. The third-order valence-electron chi connectivity index (χ3n) is 5.59. The molecule has 2 aliphatic carbocycles. The normalized spacial score (nSPS) is 25.5. The number of furan rings is 1. The smallest absolute Gasteiger partial charge is 0.289 e. The van der Waals surface area contributed by atoms with Crippen LogP contribution >= 0.6 is 0 Å². The standard InChI is InChI=1S/C18H27NO4/c1-4-22-16-11-15(18(16)9-5-6-10-18)19(2)17(20)14-8-7-13(23-14)12-21-3/h7-8,15-16H,4-6,9-12H2,1-3H3/t15-,16-/m0/s1. The van der Waals surface area contributed by atoms with Gasteiger partial charge in [-0.25, -0.2) is 0 Å². The Labute approximate surface area is 137 Å². The lowest BCUT2D eigenvalue weighted by molar-refractivity contribution is -0.152. The van der Waals surface area contributed by atoms with E-state index < -0.39 is 0 Å². The Morgan fingerprint density at radius 3 is 2.78 bits per heavy atom. The molecule has 1 spiro atoms. The second kappa shape index (κ2) is 6.65. The van der Waals surface area contributed by atoms with Gasteiger partial charge in [0.05, 0.1) is 6.10 Å². The molecule has 0 saturated heterocycles. The van der Waals surface area contributed by atoms with Crippen molar-refractivity contribution in [3.63, 3.8) is 0 Å². The van der Waals surface area contributed by atoms with E-state index in [1.165, 1.54) is 12.8 Å². The van der Waals surface area contributed by atoms with Crippen LogP contribution in [0.3, 0.4) is 0 Å². The van der Waals surface area contributed by atoms with E-state index in [-0.39, 0.29) is 17.4 Å². The second-order valence-corrected chi connectivity index (χ2v) is 6.75. The van der Waals surface area contributed by atoms with E-state index >= 15 is 0 Å². The van der Waals surface area contributed by atoms with E-state index in [9.17, 15) is 4.79 Å². The Balaban J connectivity index is 1.71. The summed E-state index contributed by atoms with van der Waals surface area (Å²) < 4.78 is 16.6. The van der Waals surface area contributed by atoms with Crippen molar-refractivity contribution >= 4 is 5.91 Å². The van der Waals surface area contributed by atoms with Crippen molar-refractivity contribution in [2.24, 2.45) is 5.41 Å². The summed E-state index contributed by atoms with van der Waals surface area (Å²) in [6.45, 7) is 3.18. The second-order valence-electron chi connectivity index (χ2n) is 6.75. The van der Waals surface area contributed by atoms with Gasteiger partial charge in [0, 0.05) is 32.2 Å². The van der Waals surface area contributed by atoms with Gasteiger partial charge in [-0.2, -0.15) is 0 Å². The van der Waals surface area contributed by atoms with Crippen LogP contribution in [0.5, 0.6) is 0 Å². The highest BCUT2D eigenvalue weighted by Crippen LogP contribution is 2.56. The van der Waals surface area contributed by atoms with E-state index in [4.69, 9.17) is 13.9 Å². The summed E-state index contributed by atoms with van der Waals surface area (Å²) in [4.78, 5) is 14.6. The third kappa shape index (κ3) is 2.81. The summed E-state index contributed by atoms with van der Waals surface area (Å²) in [5.41, 5.74) is 0.155. The van der Waals surface area contributed by atoms with Crippen LogP contribution in [-0.4, -0.2) is 43.7 Å². The van der Waals surface area contributed by atoms with Crippen LogP contribution in [0.1, 0.15) is 55.3 Å². The highest BCUT2D eigenvalue weighted by Gasteiger charge is 2.59. The van der Waals surface area contributed by atoms with Crippen LogP contribution in [0, 0.1) is 5.41 Å². The summed E-state index contributed by atoms with van der Waals surface area (Å²) in [7, 11) is 3.51. The monoisotopic (exact) mass is 321 g/mol. The van der Waals surface area contributed by atoms with Gasteiger partial charge in [-0.15, -0.1) is 0 Å². The first-order chi connectivity index (χ1) is 11.1. The van der Waals surface area contributed by atoms with Crippen LogP contribution < -0.4 is 0 Å². The fourth-order valence-corrected chi connectivity index (χ4v) is 4.42. The zero-order valence-corrected chi connectivity index (χ0v) is 14.3. The van der Waals surface area contributed by atoms with E-state index in [2.05, 4.69) is 0 Å². The van der Waals surface area contributed by atoms with Gasteiger partial charge in [-0.1, -0.05) is 12.8 Å². The largest absolute Gasteiger partial charge is 0.453 e. The first kappa shape index (κ1) is 16.5. The maximum Gasteiger partial charge on any atom is 0.289 e.